The Balaban J connectivity index is 0.00000220. The predicted molar refractivity (Wildman–Crippen MR) is 80.6 cm³/mol. The molecular formula is C12H22Cl2F3N3O2. The van der Waals surface area contributed by atoms with Gasteiger partial charge in [0.15, 0.2) is 0 Å². The zero-order valence-corrected chi connectivity index (χ0v) is 13.6. The first-order valence-corrected chi connectivity index (χ1v) is 6.84. The van der Waals surface area contributed by atoms with Gasteiger partial charge < -0.3 is 15.3 Å². The summed E-state index contributed by atoms with van der Waals surface area (Å²) in [4.78, 5) is 15.1. The third-order valence-electron chi connectivity index (χ3n) is 3.71. The molecule has 2 unspecified atom stereocenters. The highest BCUT2D eigenvalue weighted by Gasteiger charge is 2.34. The first-order valence-electron chi connectivity index (χ1n) is 6.84. The van der Waals surface area contributed by atoms with Crippen molar-refractivity contribution in [2.24, 2.45) is 0 Å². The molecule has 2 saturated heterocycles. The molecule has 0 aromatic heterocycles. The second-order valence-electron chi connectivity index (χ2n) is 5.42. The van der Waals surface area contributed by atoms with Gasteiger partial charge in [0, 0.05) is 32.7 Å². The van der Waals surface area contributed by atoms with Crippen LogP contribution in [-0.2, 0) is 4.79 Å². The Morgan fingerprint density at radius 1 is 1.18 bits per heavy atom. The van der Waals surface area contributed by atoms with Gasteiger partial charge in [0.25, 0.3) is 0 Å². The molecule has 0 spiro atoms. The van der Waals surface area contributed by atoms with Crippen LogP contribution in [-0.4, -0.2) is 78.4 Å². The monoisotopic (exact) mass is 367 g/mol. The van der Waals surface area contributed by atoms with Gasteiger partial charge in [0.1, 0.15) is 0 Å². The lowest BCUT2D eigenvalue weighted by Gasteiger charge is -2.25. The summed E-state index contributed by atoms with van der Waals surface area (Å²) in [7, 11) is 0. The minimum atomic E-state index is -4.20. The van der Waals surface area contributed by atoms with E-state index in [2.05, 4.69) is 5.32 Å². The van der Waals surface area contributed by atoms with E-state index < -0.39 is 24.9 Å². The Kier molecular flexibility index (Phi) is 9.01. The van der Waals surface area contributed by atoms with E-state index in [1.807, 2.05) is 0 Å². The second-order valence-corrected chi connectivity index (χ2v) is 5.42. The number of rotatable bonds is 2. The molecule has 5 nitrogen and oxygen atoms in total. The lowest BCUT2D eigenvalue weighted by atomic mass is 10.2. The fraction of sp³-hybridized carbons (Fsp3) is 0.917. The van der Waals surface area contributed by atoms with Gasteiger partial charge in [-0.05, 0) is 12.8 Å². The van der Waals surface area contributed by atoms with Crippen LogP contribution in [0.3, 0.4) is 0 Å². The maximum atomic E-state index is 12.4. The number of carbonyl (C=O) groups excluding carboxylic acids is 1. The number of carbonyl (C=O) groups is 1. The quantitative estimate of drug-likeness (QED) is 0.752. The van der Waals surface area contributed by atoms with Gasteiger partial charge in [0.2, 0.25) is 5.91 Å². The Morgan fingerprint density at radius 3 is 2.41 bits per heavy atom. The van der Waals surface area contributed by atoms with Gasteiger partial charge in [-0.25, -0.2) is 0 Å². The minimum absolute atomic E-state index is 0. The average molecular weight is 368 g/mol. The molecule has 0 aromatic rings. The number of aliphatic hydroxyl groups excluding tert-OH is 1. The number of hydrogen-bond acceptors (Lipinski definition) is 4. The standard InChI is InChI=1S/C12H20F3N3O2.2ClH/c13-12(14,15)8-17-2-1-3-18(5-4-17)11(20)10-6-9(19)7-16-10;;/h9-10,16,19H,1-8H2;2*1H. The van der Waals surface area contributed by atoms with E-state index in [4.69, 9.17) is 0 Å². The van der Waals surface area contributed by atoms with Crippen LogP contribution < -0.4 is 5.32 Å². The van der Waals surface area contributed by atoms with Gasteiger partial charge >= 0.3 is 6.18 Å². The van der Waals surface area contributed by atoms with Gasteiger partial charge in [-0.3, -0.25) is 9.69 Å². The molecule has 10 heteroatoms. The first-order chi connectivity index (χ1) is 9.35. The van der Waals surface area contributed by atoms with Crippen molar-refractivity contribution >= 4 is 30.7 Å². The molecule has 0 saturated carbocycles. The first kappa shape index (κ1) is 21.7. The minimum Gasteiger partial charge on any atom is -0.392 e. The summed E-state index contributed by atoms with van der Waals surface area (Å²) >= 11 is 0. The summed E-state index contributed by atoms with van der Waals surface area (Å²) in [6.45, 7) is 0.842. The van der Waals surface area contributed by atoms with Crippen LogP contribution in [0.4, 0.5) is 13.2 Å². The summed E-state index contributed by atoms with van der Waals surface area (Å²) in [5.41, 5.74) is 0. The highest BCUT2D eigenvalue weighted by atomic mass is 35.5. The molecule has 2 heterocycles. The Hall–Kier alpha value is -0.280. The van der Waals surface area contributed by atoms with Crippen LogP contribution >= 0.6 is 24.8 Å². The number of β-amino-alcohol motifs (C(OH)–C–C–N with tert-alkyl or cyclic N) is 1. The van der Waals surface area contributed by atoms with Crippen molar-refractivity contribution in [2.75, 3.05) is 39.3 Å². The van der Waals surface area contributed by atoms with E-state index in [9.17, 15) is 23.1 Å². The molecule has 2 aliphatic rings. The van der Waals surface area contributed by atoms with Gasteiger partial charge in [-0.2, -0.15) is 13.2 Å². The Labute approximate surface area is 140 Å². The molecule has 132 valence electrons. The van der Waals surface area contributed by atoms with Crippen LogP contribution in [0.2, 0.25) is 0 Å². The largest absolute Gasteiger partial charge is 0.401 e. The molecule has 2 rings (SSSR count). The number of hydrogen-bond donors (Lipinski definition) is 2. The average Bonchev–Trinajstić information content (AvgIpc) is 2.64. The van der Waals surface area contributed by atoms with Crippen molar-refractivity contribution in [2.45, 2.75) is 31.2 Å². The van der Waals surface area contributed by atoms with Crippen LogP contribution in [0.1, 0.15) is 12.8 Å². The topological polar surface area (TPSA) is 55.8 Å². The van der Waals surface area contributed by atoms with Crippen LogP contribution in [0.15, 0.2) is 0 Å². The molecular weight excluding hydrogens is 346 g/mol. The van der Waals surface area contributed by atoms with E-state index in [0.29, 0.717) is 39.0 Å². The van der Waals surface area contributed by atoms with Gasteiger partial charge in [-0.15, -0.1) is 24.8 Å². The van der Waals surface area contributed by atoms with Crippen molar-refractivity contribution in [1.82, 2.24) is 15.1 Å². The Bertz CT molecular complexity index is 361. The molecule has 2 atom stereocenters. The molecule has 0 aliphatic carbocycles. The van der Waals surface area contributed by atoms with Crippen molar-refractivity contribution in [3.05, 3.63) is 0 Å². The number of alkyl halides is 3. The molecule has 0 aromatic carbocycles. The SMILES string of the molecule is Cl.Cl.O=C(C1CC(O)CN1)N1CCCN(CC(F)(F)F)CC1. The molecule has 2 aliphatic heterocycles. The van der Waals surface area contributed by atoms with Crippen LogP contribution in [0.25, 0.3) is 0 Å². The molecule has 2 N–H and O–H groups in total. The molecule has 0 bridgehead atoms. The van der Waals surface area contributed by atoms with Crippen molar-refractivity contribution in [3.8, 4) is 0 Å². The Morgan fingerprint density at radius 2 is 1.86 bits per heavy atom. The number of nitrogens with one attached hydrogen (secondary N) is 1. The zero-order chi connectivity index (χ0) is 14.8. The fourth-order valence-electron chi connectivity index (χ4n) is 2.73. The summed E-state index contributed by atoms with van der Waals surface area (Å²) in [6, 6.07) is -0.404. The maximum Gasteiger partial charge on any atom is 0.401 e. The van der Waals surface area contributed by atoms with Crippen molar-refractivity contribution in [3.63, 3.8) is 0 Å². The molecule has 22 heavy (non-hydrogen) atoms. The number of nitrogens with zero attached hydrogens (tertiary/aromatic N) is 2. The molecule has 1 amide bonds. The van der Waals surface area contributed by atoms with Crippen LogP contribution in [0, 0.1) is 0 Å². The van der Waals surface area contributed by atoms with Crippen molar-refractivity contribution < 1.29 is 23.1 Å². The number of halogens is 5. The predicted octanol–water partition coefficient (Wildman–Crippen LogP) is 0.649. The maximum absolute atomic E-state index is 12.4. The van der Waals surface area contributed by atoms with E-state index in [0.717, 1.165) is 0 Å². The lowest BCUT2D eigenvalue weighted by Crippen LogP contribution is -2.45. The summed E-state index contributed by atoms with van der Waals surface area (Å²) in [5.74, 6) is -0.115. The highest BCUT2D eigenvalue weighted by molar-refractivity contribution is 5.85. The highest BCUT2D eigenvalue weighted by Crippen LogP contribution is 2.18. The number of amides is 1. The molecule has 0 radical (unpaired) electrons. The zero-order valence-electron chi connectivity index (χ0n) is 12.0. The summed E-state index contributed by atoms with van der Waals surface area (Å²) in [5, 5.41) is 12.3. The lowest BCUT2D eigenvalue weighted by molar-refractivity contribution is -0.145. The van der Waals surface area contributed by atoms with E-state index in [1.165, 1.54) is 4.90 Å². The van der Waals surface area contributed by atoms with E-state index in [1.54, 1.807) is 4.90 Å². The summed E-state index contributed by atoms with van der Waals surface area (Å²) < 4.78 is 37.1. The second kappa shape index (κ2) is 9.12. The smallest absolute Gasteiger partial charge is 0.392 e. The number of aliphatic hydroxyl groups is 1. The third kappa shape index (κ3) is 6.45. The van der Waals surface area contributed by atoms with Gasteiger partial charge in [-0.1, -0.05) is 0 Å². The fourth-order valence-corrected chi connectivity index (χ4v) is 2.73. The van der Waals surface area contributed by atoms with Crippen LogP contribution in [0.5, 0.6) is 0 Å². The summed E-state index contributed by atoms with van der Waals surface area (Å²) in [6.07, 6.45) is -3.80. The van der Waals surface area contributed by atoms with Gasteiger partial charge in [0.05, 0.1) is 18.7 Å². The molecule has 2 fully saturated rings. The van der Waals surface area contributed by atoms with E-state index in [-0.39, 0.29) is 37.3 Å². The third-order valence-corrected chi connectivity index (χ3v) is 3.71. The van der Waals surface area contributed by atoms with Crippen molar-refractivity contribution in [1.29, 1.82) is 0 Å². The normalized spacial score (nSPS) is 26.8. The van der Waals surface area contributed by atoms with E-state index >= 15 is 0 Å².